The number of esters is 1. The second kappa shape index (κ2) is 9.46. The zero-order valence-electron chi connectivity index (χ0n) is 18.2. The molecule has 0 aromatic heterocycles. The van der Waals surface area contributed by atoms with Crippen LogP contribution in [0.5, 0.6) is 0 Å². The molecule has 1 aromatic carbocycles. The highest BCUT2D eigenvalue weighted by atomic mass is 28.4. The van der Waals surface area contributed by atoms with E-state index in [4.69, 9.17) is 9.16 Å². The van der Waals surface area contributed by atoms with E-state index in [1.54, 1.807) is 29.2 Å². The van der Waals surface area contributed by atoms with Crippen LogP contribution >= 0.6 is 0 Å². The second-order valence-corrected chi connectivity index (χ2v) is 13.4. The van der Waals surface area contributed by atoms with Gasteiger partial charge in [0, 0.05) is 12.0 Å². The molecule has 0 radical (unpaired) electrons. The highest BCUT2D eigenvalue weighted by Gasteiger charge is 2.39. The van der Waals surface area contributed by atoms with Gasteiger partial charge in [-0.1, -0.05) is 32.6 Å². The number of carbonyl (C=O) groups excluding carboxylic acids is 2. The van der Waals surface area contributed by atoms with Crippen LogP contribution in [0.15, 0.2) is 24.3 Å². The second-order valence-electron chi connectivity index (χ2n) is 8.63. The van der Waals surface area contributed by atoms with Gasteiger partial charge in [-0.15, -0.1) is 0 Å². The van der Waals surface area contributed by atoms with Gasteiger partial charge in [0.2, 0.25) is 0 Å². The summed E-state index contributed by atoms with van der Waals surface area (Å²) in [4.78, 5) is 25.4. The van der Waals surface area contributed by atoms with E-state index in [0.29, 0.717) is 18.8 Å². The molecule has 0 unspecified atom stereocenters. The number of carbonyl (C=O) groups is 2. The van der Waals surface area contributed by atoms with E-state index in [-0.39, 0.29) is 29.7 Å². The lowest BCUT2D eigenvalue weighted by atomic mass is 10.1. The molecule has 1 aromatic rings. The van der Waals surface area contributed by atoms with Gasteiger partial charge >= 0.3 is 12.1 Å². The largest absolute Gasteiger partial charge is 0.465 e. The summed E-state index contributed by atoms with van der Waals surface area (Å²) in [6, 6.07) is 6.81. The van der Waals surface area contributed by atoms with Crippen LogP contribution in [-0.2, 0) is 13.9 Å². The van der Waals surface area contributed by atoms with Gasteiger partial charge < -0.3 is 13.9 Å². The molecule has 0 bridgehead atoms. The van der Waals surface area contributed by atoms with Gasteiger partial charge in [-0.05, 0) is 42.4 Å². The van der Waals surface area contributed by atoms with Crippen molar-refractivity contribution in [2.24, 2.45) is 0 Å². The van der Waals surface area contributed by atoms with Crippen molar-refractivity contribution in [2.45, 2.75) is 51.4 Å². The monoisotopic (exact) mass is 417 g/mol. The average molecular weight is 418 g/mol. The fraction of sp³-hybridized carbons (Fsp3) is 0.545. The van der Waals surface area contributed by atoms with Crippen LogP contribution in [0.25, 0.3) is 0 Å². The smallest absolute Gasteiger partial charge is 0.410 e. The molecule has 2 rings (SSSR count). The molecule has 1 aliphatic heterocycles. The predicted octanol–water partition coefficient (Wildman–Crippen LogP) is 4.06. The molecule has 0 saturated carbocycles. The number of benzene rings is 1. The third-order valence-electron chi connectivity index (χ3n) is 5.58. The topological polar surface area (TPSA) is 65.1 Å². The zero-order valence-corrected chi connectivity index (χ0v) is 19.2. The molecular formula is C22H31NO5Si. The number of methoxy groups -OCH3 is 1. The van der Waals surface area contributed by atoms with Crippen molar-refractivity contribution in [2.75, 3.05) is 26.9 Å². The minimum absolute atomic E-state index is 0.0404. The maximum absolute atomic E-state index is 12.3. The zero-order chi connectivity index (χ0) is 21.7. The maximum Gasteiger partial charge on any atom is 0.410 e. The standard InChI is InChI=1S/C22H31NO5Si/c1-22(2,3)29(5,6)28-16-19-13-15-27-21(25)23(19)14-7-8-17-9-11-18(12-10-17)20(24)26-4/h9-12,19H,13-16H2,1-6H3/t19-/m1/s1. The number of amides is 1. The van der Waals surface area contributed by atoms with Gasteiger partial charge in [0.25, 0.3) is 0 Å². The summed E-state index contributed by atoms with van der Waals surface area (Å²) in [5, 5.41) is 0.114. The molecule has 0 N–H and O–H groups in total. The van der Waals surface area contributed by atoms with Crippen molar-refractivity contribution in [3.05, 3.63) is 35.4 Å². The van der Waals surface area contributed by atoms with Gasteiger partial charge in [-0.3, -0.25) is 4.90 Å². The van der Waals surface area contributed by atoms with Crippen molar-refractivity contribution in [3.63, 3.8) is 0 Å². The van der Waals surface area contributed by atoms with E-state index in [1.807, 2.05) is 0 Å². The number of ether oxygens (including phenoxy) is 2. The highest BCUT2D eigenvalue weighted by molar-refractivity contribution is 6.74. The number of rotatable bonds is 5. The van der Waals surface area contributed by atoms with Crippen LogP contribution < -0.4 is 0 Å². The van der Waals surface area contributed by atoms with Crippen LogP contribution in [0, 0.1) is 11.8 Å². The van der Waals surface area contributed by atoms with Crippen LogP contribution in [-0.4, -0.2) is 58.2 Å². The molecule has 1 heterocycles. The molecule has 158 valence electrons. The normalized spacial score (nSPS) is 17.2. The van der Waals surface area contributed by atoms with Crippen LogP contribution in [0.4, 0.5) is 4.79 Å². The van der Waals surface area contributed by atoms with E-state index in [2.05, 4.69) is 50.4 Å². The Hall–Kier alpha value is -2.30. The Kier molecular flexibility index (Phi) is 7.50. The summed E-state index contributed by atoms with van der Waals surface area (Å²) in [7, 11) is -0.549. The van der Waals surface area contributed by atoms with Crippen molar-refractivity contribution < 1.29 is 23.5 Å². The summed E-state index contributed by atoms with van der Waals surface area (Å²) >= 11 is 0. The van der Waals surface area contributed by atoms with Crippen molar-refractivity contribution in [3.8, 4) is 11.8 Å². The quantitative estimate of drug-likeness (QED) is 0.411. The molecule has 29 heavy (non-hydrogen) atoms. The van der Waals surface area contributed by atoms with Crippen LogP contribution in [0.2, 0.25) is 18.1 Å². The Morgan fingerprint density at radius 2 is 1.93 bits per heavy atom. The summed E-state index contributed by atoms with van der Waals surface area (Å²) in [5.41, 5.74) is 1.23. The highest BCUT2D eigenvalue weighted by Crippen LogP contribution is 2.36. The maximum atomic E-state index is 12.3. The first-order valence-corrected chi connectivity index (χ1v) is 12.7. The summed E-state index contributed by atoms with van der Waals surface area (Å²) < 4.78 is 16.2. The summed E-state index contributed by atoms with van der Waals surface area (Å²) in [6.45, 7) is 12.2. The number of hydrogen-bond donors (Lipinski definition) is 0. The van der Waals surface area contributed by atoms with Crippen LogP contribution in [0.3, 0.4) is 0 Å². The molecule has 1 aliphatic rings. The minimum Gasteiger partial charge on any atom is -0.465 e. The Bertz CT molecular complexity index is 786. The van der Waals surface area contributed by atoms with E-state index >= 15 is 0 Å². The molecule has 7 heteroatoms. The Morgan fingerprint density at radius 3 is 2.52 bits per heavy atom. The third kappa shape index (κ3) is 6.08. The van der Waals surface area contributed by atoms with Crippen molar-refractivity contribution >= 4 is 20.4 Å². The van der Waals surface area contributed by atoms with E-state index < -0.39 is 8.32 Å². The van der Waals surface area contributed by atoms with Gasteiger partial charge in [0.15, 0.2) is 8.32 Å². The Balaban J connectivity index is 2.02. The molecule has 1 saturated heterocycles. The van der Waals surface area contributed by atoms with Gasteiger partial charge in [-0.2, -0.15) is 0 Å². The number of cyclic esters (lactones) is 1. The Labute approximate surface area is 174 Å². The first kappa shape index (κ1) is 23.0. The van der Waals surface area contributed by atoms with E-state index in [1.165, 1.54) is 7.11 Å². The fourth-order valence-corrected chi connectivity index (χ4v) is 3.63. The third-order valence-corrected chi connectivity index (χ3v) is 10.1. The summed E-state index contributed by atoms with van der Waals surface area (Å²) in [6.07, 6.45) is 0.381. The van der Waals surface area contributed by atoms with Crippen molar-refractivity contribution in [1.82, 2.24) is 4.90 Å². The van der Waals surface area contributed by atoms with Gasteiger partial charge in [-0.25, -0.2) is 9.59 Å². The first-order chi connectivity index (χ1) is 13.5. The molecule has 1 fully saturated rings. The van der Waals surface area contributed by atoms with E-state index in [0.717, 1.165) is 12.0 Å². The van der Waals surface area contributed by atoms with Crippen LogP contribution in [0.1, 0.15) is 43.1 Å². The first-order valence-electron chi connectivity index (χ1n) is 9.80. The van der Waals surface area contributed by atoms with Gasteiger partial charge in [0.1, 0.15) is 0 Å². The van der Waals surface area contributed by atoms with Crippen molar-refractivity contribution in [1.29, 1.82) is 0 Å². The number of nitrogens with zero attached hydrogens (tertiary/aromatic N) is 1. The molecule has 1 atom stereocenters. The average Bonchev–Trinajstić information content (AvgIpc) is 2.67. The molecule has 6 nitrogen and oxygen atoms in total. The minimum atomic E-state index is -1.89. The van der Waals surface area contributed by atoms with E-state index in [9.17, 15) is 9.59 Å². The summed E-state index contributed by atoms with van der Waals surface area (Å²) in [5.74, 6) is 5.68. The molecule has 0 aliphatic carbocycles. The molecule has 1 amide bonds. The molecule has 0 spiro atoms. The lowest BCUT2D eigenvalue weighted by Gasteiger charge is -2.40. The van der Waals surface area contributed by atoms with Gasteiger partial charge in [0.05, 0.1) is 38.5 Å². The predicted molar refractivity (Wildman–Crippen MR) is 114 cm³/mol. The SMILES string of the molecule is COC(=O)c1ccc(C#CCN2C(=O)OCC[C@@H]2CO[Si](C)(C)C(C)(C)C)cc1. The molecular weight excluding hydrogens is 386 g/mol. The fourth-order valence-electron chi connectivity index (χ4n) is 2.59. The lowest BCUT2D eigenvalue weighted by Crippen LogP contribution is -2.51. The number of hydrogen-bond acceptors (Lipinski definition) is 5. The Morgan fingerprint density at radius 1 is 1.28 bits per heavy atom. The lowest BCUT2D eigenvalue weighted by molar-refractivity contribution is 0.0332.